The first-order valence-electron chi connectivity index (χ1n) is 13.2. The van der Waals surface area contributed by atoms with Gasteiger partial charge in [0.25, 0.3) is 0 Å². The van der Waals surface area contributed by atoms with Gasteiger partial charge in [0.1, 0.15) is 18.5 Å². The number of pyridine rings is 1. The highest BCUT2D eigenvalue weighted by Crippen LogP contribution is 2.52. The molecule has 4 aromatic carbocycles. The quantitative estimate of drug-likeness (QED) is 0.186. The topological polar surface area (TPSA) is 36.9 Å². The minimum Gasteiger partial charge on any atom is -0.455 e. The van der Waals surface area contributed by atoms with Crippen LogP contribution in [-0.2, 0) is 19.9 Å². The third kappa shape index (κ3) is 3.58. The Kier molecular flexibility index (Phi) is 5.28. The second-order valence-electron chi connectivity index (χ2n) is 11.7. The van der Waals surface area contributed by atoms with E-state index in [1.54, 1.807) is 0 Å². The SMILES string of the molecule is Cc1c2c(c(CC(C)C)c3ccccc13)Oc1cc3cccc(CC(C)(C)C#N)c3c3cc[n+](C)c-2c13. The molecule has 0 atom stereocenters. The third-order valence-electron chi connectivity index (χ3n) is 7.84. The lowest BCUT2D eigenvalue weighted by atomic mass is 9.83. The van der Waals surface area contributed by atoms with E-state index in [-0.39, 0.29) is 0 Å². The van der Waals surface area contributed by atoms with E-state index in [0.29, 0.717) is 12.3 Å². The molecule has 6 rings (SSSR count). The summed E-state index contributed by atoms with van der Waals surface area (Å²) < 4.78 is 9.18. The Morgan fingerprint density at radius 1 is 0.973 bits per heavy atom. The van der Waals surface area contributed by atoms with Crippen LogP contribution in [-0.4, -0.2) is 0 Å². The zero-order chi connectivity index (χ0) is 26.1. The summed E-state index contributed by atoms with van der Waals surface area (Å²) in [5.41, 5.74) is 5.71. The van der Waals surface area contributed by atoms with Crippen molar-refractivity contribution in [3.05, 3.63) is 77.5 Å². The van der Waals surface area contributed by atoms with Crippen LogP contribution in [0.2, 0.25) is 0 Å². The van der Waals surface area contributed by atoms with Crippen LogP contribution < -0.4 is 9.30 Å². The maximum atomic E-state index is 9.75. The first-order chi connectivity index (χ1) is 17.7. The van der Waals surface area contributed by atoms with Crippen LogP contribution in [0.15, 0.2) is 60.8 Å². The molecule has 3 heteroatoms. The maximum Gasteiger partial charge on any atom is 0.228 e. The number of nitrogens with zero attached hydrogens (tertiary/aromatic N) is 2. The molecule has 0 amide bonds. The van der Waals surface area contributed by atoms with Crippen molar-refractivity contribution < 1.29 is 9.30 Å². The van der Waals surface area contributed by atoms with Crippen molar-refractivity contribution in [2.75, 3.05) is 0 Å². The second-order valence-corrected chi connectivity index (χ2v) is 11.7. The van der Waals surface area contributed by atoms with Gasteiger partial charge in [0, 0.05) is 17.0 Å². The molecule has 0 saturated carbocycles. The van der Waals surface area contributed by atoms with Gasteiger partial charge in [-0.3, -0.25) is 0 Å². The molecule has 1 aromatic heterocycles. The fraction of sp³-hybridized carbons (Fsp3) is 0.294. The zero-order valence-electron chi connectivity index (χ0n) is 22.6. The van der Waals surface area contributed by atoms with Crippen LogP contribution in [0.5, 0.6) is 11.5 Å². The molecule has 0 unspecified atom stereocenters. The van der Waals surface area contributed by atoms with Crippen LogP contribution in [0, 0.1) is 29.6 Å². The van der Waals surface area contributed by atoms with E-state index in [1.165, 1.54) is 49.5 Å². The van der Waals surface area contributed by atoms with E-state index in [9.17, 15) is 5.26 Å². The molecule has 0 saturated heterocycles. The van der Waals surface area contributed by atoms with Gasteiger partial charge in [-0.15, -0.1) is 0 Å². The fourth-order valence-corrected chi connectivity index (χ4v) is 6.20. The van der Waals surface area contributed by atoms with Crippen LogP contribution in [0.1, 0.15) is 44.4 Å². The van der Waals surface area contributed by atoms with Gasteiger partial charge < -0.3 is 4.74 Å². The molecule has 5 aromatic rings. The van der Waals surface area contributed by atoms with Crippen LogP contribution in [0.25, 0.3) is 43.6 Å². The fourth-order valence-electron chi connectivity index (χ4n) is 6.20. The number of aromatic nitrogens is 1. The van der Waals surface area contributed by atoms with E-state index in [1.807, 2.05) is 13.8 Å². The lowest BCUT2D eigenvalue weighted by Gasteiger charge is -2.26. The average molecular weight is 486 g/mol. The Morgan fingerprint density at radius 2 is 1.73 bits per heavy atom. The van der Waals surface area contributed by atoms with E-state index < -0.39 is 5.41 Å². The molecule has 37 heavy (non-hydrogen) atoms. The molecule has 3 nitrogen and oxygen atoms in total. The standard InChI is InChI=1S/C34H33N2O/c1-20(2)16-27-25-13-8-7-12-24(25)21(3)29-32-31-26(14-15-36(32)6)30-22(17-28(31)37-33(27)29)10-9-11-23(30)18-34(4,5)19-35/h7-15,17,20H,16,18H2,1-6H3/q+1. The van der Waals surface area contributed by atoms with Crippen LogP contribution >= 0.6 is 0 Å². The third-order valence-corrected chi connectivity index (χ3v) is 7.84. The lowest BCUT2D eigenvalue weighted by molar-refractivity contribution is -0.659. The summed E-state index contributed by atoms with van der Waals surface area (Å²) in [4.78, 5) is 0. The molecule has 1 aliphatic rings. The molecular weight excluding hydrogens is 452 g/mol. The van der Waals surface area contributed by atoms with Crippen molar-refractivity contribution in [3.63, 3.8) is 0 Å². The van der Waals surface area contributed by atoms with Crippen molar-refractivity contribution in [2.45, 2.75) is 47.5 Å². The number of fused-ring (bicyclic) bond motifs is 5. The minimum absolute atomic E-state index is 0.441. The van der Waals surface area contributed by atoms with Gasteiger partial charge in [0.15, 0.2) is 6.20 Å². The van der Waals surface area contributed by atoms with Crippen LogP contribution in [0.3, 0.4) is 0 Å². The van der Waals surface area contributed by atoms with Crippen molar-refractivity contribution in [2.24, 2.45) is 18.4 Å². The van der Waals surface area contributed by atoms with Gasteiger partial charge in [-0.25, -0.2) is 4.57 Å². The molecule has 0 N–H and O–H groups in total. The predicted octanol–water partition coefficient (Wildman–Crippen LogP) is 8.34. The lowest BCUT2D eigenvalue weighted by Crippen LogP contribution is -2.32. The Labute approximate surface area is 218 Å². The first-order valence-corrected chi connectivity index (χ1v) is 13.2. The number of hydrogen-bond acceptors (Lipinski definition) is 2. The molecule has 1 aliphatic heterocycles. The Hall–Kier alpha value is -3.90. The van der Waals surface area contributed by atoms with Gasteiger partial charge in [-0.05, 0) is 78.3 Å². The number of hydrogen-bond donors (Lipinski definition) is 0. The predicted molar refractivity (Wildman–Crippen MR) is 152 cm³/mol. The van der Waals surface area contributed by atoms with Gasteiger partial charge in [-0.1, -0.05) is 56.3 Å². The largest absolute Gasteiger partial charge is 0.455 e. The molecule has 184 valence electrons. The van der Waals surface area contributed by atoms with Crippen molar-refractivity contribution in [1.82, 2.24) is 0 Å². The van der Waals surface area contributed by atoms with E-state index in [0.717, 1.165) is 28.7 Å². The molecule has 0 bridgehead atoms. The molecule has 0 radical (unpaired) electrons. The number of nitriles is 1. The number of benzene rings is 4. The van der Waals surface area contributed by atoms with E-state index in [2.05, 4.69) is 99.2 Å². The van der Waals surface area contributed by atoms with Gasteiger partial charge in [-0.2, -0.15) is 5.26 Å². The molecule has 0 spiro atoms. The average Bonchev–Trinajstić information content (AvgIpc) is 2.87. The second kappa shape index (κ2) is 8.32. The van der Waals surface area contributed by atoms with Gasteiger partial charge >= 0.3 is 0 Å². The Balaban J connectivity index is 1.76. The van der Waals surface area contributed by atoms with Crippen molar-refractivity contribution >= 4 is 32.3 Å². The van der Waals surface area contributed by atoms with Gasteiger partial charge in [0.2, 0.25) is 5.69 Å². The summed E-state index contributed by atoms with van der Waals surface area (Å²) in [6.07, 6.45) is 3.84. The van der Waals surface area contributed by atoms with Crippen molar-refractivity contribution in [1.29, 1.82) is 5.26 Å². The number of rotatable bonds is 4. The summed E-state index contributed by atoms with van der Waals surface area (Å²) in [5.74, 6) is 2.42. The summed E-state index contributed by atoms with van der Waals surface area (Å²) in [6, 6.07) is 22.1. The van der Waals surface area contributed by atoms with E-state index >= 15 is 0 Å². The summed E-state index contributed by atoms with van der Waals surface area (Å²) >= 11 is 0. The highest BCUT2D eigenvalue weighted by atomic mass is 16.5. The normalized spacial score (nSPS) is 12.7. The molecule has 0 aliphatic carbocycles. The zero-order valence-corrected chi connectivity index (χ0v) is 22.6. The van der Waals surface area contributed by atoms with Crippen LogP contribution in [0.4, 0.5) is 0 Å². The smallest absolute Gasteiger partial charge is 0.228 e. The summed E-state index contributed by atoms with van der Waals surface area (Å²) in [5, 5.41) is 17.0. The first kappa shape index (κ1) is 23.5. The Morgan fingerprint density at radius 3 is 2.46 bits per heavy atom. The maximum absolute atomic E-state index is 9.75. The molecule has 2 heterocycles. The summed E-state index contributed by atoms with van der Waals surface area (Å²) in [6.45, 7) is 10.8. The highest BCUT2D eigenvalue weighted by molar-refractivity contribution is 6.17. The van der Waals surface area contributed by atoms with Crippen molar-refractivity contribution in [3.8, 4) is 28.8 Å². The Bertz CT molecular complexity index is 1790. The number of aryl methyl sites for hydroxylation is 2. The van der Waals surface area contributed by atoms with E-state index in [4.69, 9.17) is 4.74 Å². The van der Waals surface area contributed by atoms with Gasteiger partial charge in [0.05, 0.1) is 22.4 Å². The highest BCUT2D eigenvalue weighted by Gasteiger charge is 2.34. The molecule has 0 fully saturated rings. The molecular formula is C34H33N2O+. The number of ether oxygens (including phenoxy) is 1. The monoisotopic (exact) mass is 485 g/mol. The summed E-state index contributed by atoms with van der Waals surface area (Å²) in [7, 11) is 2.14. The minimum atomic E-state index is -0.441.